The van der Waals surface area contributed by atoms with Crippen LogP contribution in [0.25, 0.3) is 11.1 Å². The third-order valence-electron chi connectivity index (χ3n) is 3.72. The smallest absolute Gasteiger partial charge is 0.0406 e. The molecular formula is C16H16ClN. The minimum atomic E-state index is 0.669. The van der Waals surface area contributed by atoms with Crippen LogP contribution < -0.4 is 5.73 Å². The van der Waals surface area contributed by atoms with Gasteiger partial charge in [0.15, 0.2) is 0 Å². The van der Waals surface area contributed by atoms with Crippen molar-refractivity contribution in [2.24, 2.45) is 11.7 Å². The minimum absolute atomic E-state index is 0.669. The van der Waals surface area contributed by atoms with E-state index in [2.05, 4.69) is 36.4 Å². The molecule has 0 heterocycles. The Hall–Kier alpha value is -1.31. The van der Waals surface area contributed by atoms with Crippen molar-refractivity contribution < 1.29 is 0 Å². The lowest BCUT2D eigenvalue weighted by Crippen LogP contribution is -2.01. The SMILES string of the molecule is NCC1CC1c1cccc(-c2ccc(Cl)cc2)c1. The van der Waals surface area contributed by atoms with E-state index < -0.39 is 0 Å². The van der Waals surface area contributed by atoms with Crippen LogP contribution in [0.3, 0.4) is 0 Å². The van der Waals surface area contributed by atoms with Crippen LogP contribution in [-0.2, 0) is 0 Å². The second-order valence-corrected chi connectivity index (χ2v) is 5.41. The number of nitrogens with two attached hydrogens (primary N) is 1. The molecule has 2 aromatic rings. The van der Waals surface area contributed by atoms with Gasteiger partial charge in [-0.1, -0.05) is 48.0 Å². The Labute approximate surface area is 113 Å². The first kappa shape index (κ1) is 11.8. The number of hydrogen-bond acceptors (Lipinski definition) is 1. The minimum Gasteiger partial charge on any atom is -0.330 e. The van der Waals surface area contributed by atoms with Gasteiger partial charge in [-0.2, -0.15) is 0 Å². The van der Waals surface area contributed by atoms with Crippen LogP contribution >= 0.6 is 11.6 Å². The summed E-state index contributed by atoms with van der Waals surface area (Å²) in [5.41, 5.74) is 9.60. The zero-order chi connectivity index (χ0) is 12.5. The van der Waals surface area contributed by atoms with Crippen molar-refractivity contribution in [2.75, 3.05) is 6.54 Å². The molecule has 92 valence electrons. The lowest BCUT2D eigenvalue weighted by Gasteiger charge is -2.05. The number of hydrogen-bond donors (Lipinski definition) is 1. The van der Waals surface area contributed by atoms with Gasteiger partial charge in [0.2, 0.25) is 0 Å². The molecule has 1 nitrogen and oxygen atoms in total. The van der Waals surface area contributed by atoms with Crippen LogP contribution in [0.15, 0.2) is 48.5 Å². The van der Waals surface area contributed by atoms with Crippen LogP contribution in [0.1, 0.15) is 17.9 Å². The van der Waals surface area contributed by atoms with Crippen molar-refractivity contribution in [1.29, 1.82) is 0 Å². The predicted molar refractivity (Wildman–Crippen MR) is 76.8 cm³/mol. The Morgan fingerprint density at radius 3 is 2.50 bits per heavy atom. The molecule has 1 fully saturated rings. The molecule has 0 bridgehead atoms. The Morgan fingerprint density at radius 1 is 1.06 bits per heavy atom. The van der Waals surface area contributed by atoms with E-state index in [0.717, 1.165) is 11.6 Å². The van der Waals surface area contributed by atoms with Crippen molar-refractivity contribution in [1.82, 2.24) is 0 Å². The van der Waals surface area contributed by atoms with Crippen molar-refractivity contribution in [3.8, 4) is 11.1 Å². The highest BCUT2D eigenvalue weighted by Crippen LogP contribution is 2.47. The van der Waals surface area contributed by atoms with Crippen LogP contribution in [0.2, 0.25) is 5.02 Å². The Kier molecular flexibility index (Phi) is 3.11. The van der Waals surface area contributed by atoms with Crippen molar-refractivity contribution >= 4 is 11.6 Å². The summed E-state index contributed by atoms with van der Waals surface area (Å²) >= 11 is 5.91. The van der Waals surface area contributed by atoms with Crippen LogP contribution in [0.4, 0.5) is 0 Å². The molecule has 0 amide bonds. The highest BCUT2D eigenvalue weighted by atomic mass is 35.5. The second kappa shape index (κ2) is 4.75. The summed E-state index contributed by atoms with van der Waals surface area (Å²) in [5.74, 6) is 1.35. The quantitative estimate of drug-likeness (QED) is 0.881. The molecule has 18 heavy (non-hydrogen) atoms. The van der Waals surface area contributed by atoms with Gasteiger partial charge in [0.1, 0.15) is 0 Å². The van der Waals surface area contributed by atoms with E-state index in [-0.39, 0.29) is 0 Å². The molecule has 2 heteroatoms. The van der Waals surface area contributed by atoms with Gasteiger partial charge >= 0.3 is 0 Å². The first-order chi connectivity index (χ1) is 8.78. The fourth-order valence-corrected chi connectivity index (χ4v) is 2.63. The molecular weight excluding hydrogens is 242 g/mol. The van der Waals surface area contributed by atoms with E-state index >= 15 is 0 Å². The average molecular weight is 258 g/mol. The zero-order valence-electron chi connectivity index (χ0n) is 10.1. The zero-order valence-corrected chi connectivity index (χ0v) is 10.9. The monoisotopic (exact) mass is 257 g/mol. The Morgan fingerprint density at radius 2 is 1.83 bits per heavy atom. The fraction of sp³-hybridized carbons (Fsp3) is 0.250. The van der Waals surface area contributed by atoms with Crippen molar-refractivity contribution in [3.63, 3.8) is 0 Å². The molecule has 3 rings (SSSR count). The molecule has 0 aliphatic heterocycles. The summed E-state index contributed by atoms with van der Waals surface area (Å²) in [7, 11) is 0. The molecule has 2 N–H and O–H groups in total. The van der Waals surface area contributed by atoms with Crippen LogP contribution in [-0.4, -0.2) is 6.54 Å². The maximum Gasteiger partial charge on any atom is 0.0406 e. The Bertz CT molecular complexity index is 547. The number of halogens is 1. The van der Waals surface area contributed by atoms with Gasteiger partial charge in [0.25, 0.3) is 0 Å². The summed E-state index contributed by atoms with van der Waals surface area (Å²) in [4.78, 5) is 0. The molecule has 0 radical (unpaired) electrons. The van der Waals surface area contributed by atoms with Crippen LogP contribution in [0.5, 0.6) is 0 Å². The molecule has 2 unspecified atom stereocenters. The van der Waals surface area contributed by atoms with Gasteiger partial charge < -0.3 is 5.73 Å². The van der Waals surface area contributed by atoms with E-state index in [0.29, 0.717) is 11.8 Å². The highest BCUT2D eigenvalue weighted by molar-refractivity contribution is 6.30. The summed E-state index contributed by atoms with van der Waals surface area (Å²) in [6.45, 7) is 0.801. The van der Waals surface area contributed by atoms with Crippen molar-refractivity contribution in [3.05, 3.63) is 59.1 Å². The molecule has 0 aromatic heterocycles. The van der Waals surface area contributed by atoms with Crippen LogP contribution in [0, 0.1) is 5.92 Å². The summed E-state index contributed by atoms with van der Waals surface area (Å²) < 4.78 is 0. The number of benzene rings is 2. The highest BCUT2D eigenvalue weighted by Gasteiger charge is 2.36. The third kappa shape index (κ3) is 2.29. The molecule has 1 saturated carbocycles. The van der Waals surface area contributed by atoms with Gasteiger partial charge in [-0.25, -0.2) is 0 Å². The molecule has 0 spiro atoms. The van der Waals surface area contributed by atoms with E-state index in [4.69, 9.17) is 17.3 Å². The lowest BCUT2D eigenvalue weighted by atomic mass is 10.0. The van der Waals surface area contributed by atoms with Gasteiger partial charge in [-0.3, -0.25) is 0 Å². The standard InChI is InChI=1S/C16H16ClN/c17-15-6-4-11(5-7-15)12-2-1-3-13(8-12)16-9-14(16)10-18/h1-8,14,16H,9-10,18H2. The maximum atomic E-state index is 5.91. The van der Waals surface area contributed by atoms with E-state index in [1.807, 2.05) is 12.1 Å². The van der Waals surface area contributed by atoms with E-state index in [9.17, 15) is 0 Å². The normalized spacial score (nSPS) is 21.9. The molecule has 1 aliphatic carbocycles. The summed E-state index contributed by atoms with van der Waals surface area (Å²) in [6, 6.07) is 16.8. The molecule has 2 aromatic carbocycles. The van der Waals surface area contributed by atoms with E-state index in [1.54, 1.807) is 0 Å². The van der Waals surface area contributed by atoms with Gasteiger partial charge in [-0.15, -0.1) is 0 Å². The lowest BCUT2D eigenvalue weighted by molar-refractivity contribution is 0.810. The Balaban J connectivity index is 1.89. The van der Waals surface area contributed by atoms with E-state index in [1.165, 1.54) is 23.1 Å². The van der Waals surface area contributed by atoms with Gasteiger partial charge in [0.05, 0.1) is 0 Å². The predicted octanol–water partition coefficient (Wildman–Crippen LogP) is 4.07. The molecule has 0 saturated heterocycles. The third-order valence-corrected chi connectivity index (χ3v) is 3.97. The fourth-order valence-electron chi connectivity index (χ4n) is 2.51. The molecule has 1 aliphatic rings. The number of rotatable bonds is 3. The van der Waals surface area contributed by atoms with Gasteiger partial charge in [-0.05, 0) is 53.6 Å². The first-order valence-electron chi connectivity index (χ1n) is 6.34. The van der Waals surface area contributed by atoms with Crippen molar-refractivity contribution in [2.45, 2.75) is 12.3 Å². The first-order valence-corrected chi connectivity index (χ1v) is 6.71. The maximum absolute atomic E-state index is 5.91. The average Bonchev–Trinajstić information content (AvgIpc) is 3.19. The molecule has 2 atom stereocenters. The largest absolute Gasteiger partial charge is 0.330 e. The van der Waals surface area contributed by atoms with Gasteiger partial charge in [0, 0.05) is 5.02 Å². The summed E-state index contributed by atoms with van der Waals surface area (Å²) in [6.07, 6.45) is 1.24. The topological polar surface area (TPSA) is 26.0 Å². The second-order valence-electron chi connectivity index (χ2n) is 4.97. The summed E-state index contributed by atoms with van der Waals surface area (Å²) in [5, 5.41) is 0.778.